The van der Waals surface area contributed by atoms with E-state index in [2.05, 4.69) is 0 Å². The molecule has 1 aromatic carbocycles. The number of halogens is 1. The smallest absolute Gasteiger partial charge is 0.252 e. The molecule has 1 aliphatic heterocycles. The Morgan fingerprint density at radius 2 is 2.15 bits per heavy atom. The molecule has 178 valence electrons. The molecule has 11 heteroatoms. The second-order valence-corrected chi connectivity index (χ2v) is 12.7. The summed E-state index contributed by atoms with van der Waals surface area (Å²) in [6, 6.07) is 10.6. The Morgan fingerprint density at radius 1 is 1.29 bits per heavy atom. The molecule has 34 heavy (non-hydrogen) atoms. The molecule has 1 amide bonds. The second-order valence-electron chi connectivity index (χ2n) is 8.15. The fraction of sp³-hybridized carbons (Fsp3) is 0.304. The lowest BCUT2D eigenvalue weighted by Crippen LogP contribution is -2.46. The SMILES string of the molecule is Cc1c(Cl)ccc2sc(N(Cc3ccco3)C(=O)C3CCCN(S(=O)(=O)c4cccs4)C3)nc12. The van der Waals surface area contributed by atoms with Crippen molar-refractivity contribution < 1.29 is 17.6 Å². The third-order valence-corrected chi connectivity index (χ3v) is 10.6. The number of thiazole rings is 1. The fourth-order valence-electron chi connectivity index (χ4n) is 4.12. The molecule has 0 radical (unpaired) electrons. The van der Waals surface area contributed by atoms with Gasteiger partial charge in [-0.05, 0) is 61.0 Å². The third-order valence-electron chi connectivity index (χ3n) is 5.95. The van der Waals surface area contributed by atoms with Gasteiger partial charge in [0.2, 0.25) is 5.91 Å². The first-order valence-corrected chi connectivity index (χ1v) is 14.3. The Labute approximate surface area is 210 Å². The molecule has 4 aromatic rings. The van der Waals surface area contributed by atoms with E-state index in [9.17, 15) is 13.2 Å². The first-order chi connectivity index (χ1) is 16.3. The Bertz CT molecular complexity index is 1420. The number of furan rings is 1. The summed E-state index contributed by atoms with van der Waals surface area (Å²) in [4.78, 5) is 20.2. The Balaban J connectivity index is 1.47. The quantitative estimate of drug-likeness (QED) is 0.323. The van der Waals surface area contributed by atoms with Gasteiger partial charge in [0.05, 0.1) is 28.9 Å². The van der Waals surface area contributed by atoms with E-state index >= 15 is 0 Å². The zero-order valence-electron chi connectivity index (χ0n) is 18.3. The van der Waals surface area contributed by atoms with Gasteiger partial charge in [0.15, 0.2) is 5.13 Å². The number of aromatic nitrogens is 1. The Hall–Kier alpha value is -2.24. The van der Waals surface area contributed by atoms with E-state index in [0.717, 1.165) is 15.8 Å². The standard InChI is InChI=1S/C23H22ClN3O4S3/c1-15-18(24)8-9-19-21(15)25-23(33-19)27(14-17-6-3-11-31-17)22(28)16-5-2-10-26(13-16)34(29,30)20-7-4-12-32-20/h3-4,6-9,11-12,16H,2,5,10,13-14H2,1H3. The maximum absolute atomic E-state index is 13.8. The molecule has 3 aromatic heterocycles. The number of hydrogen-bond acceptors (Lipinski definition) is 7. The van der Waals surface area contributed by atoms with Gasteiger partial charge in [0.25, 0.3) is 10.0 Å². The molecule has 1 unspecified atom stereocenters. The van der Waals surface area contributed by atoms with Gasteiger partial charge in [0.1, 0.15) is 9.97 Å². The summed E-state index contributed by atoms with van der Waals surface area (Å²) in [6.45, 7) is 2.67. The van der Waals surface area contributed by atoms with Gasteiger partial charge in [0, 0.05) is 18.1 Å². The molecule has 5 rings (SSSR count). The number of piperidine rings is 1. The van der Waals surface area contributed by atoms with Gasteiger partial charge in [-0.25, -0.2) is 13.4 Å². The van der Waals surface area contributed by atoms with Crippen LogP contribution in [0.2, 0.25) is 5.02 Å². The van der Waals surface area contributed by atoms with Crippen LogP contribution in [0.25, 0.3) is 10.2 Å². The number of benzene rings is 1. The number of sulfonamides is 1. The predicted octanol–water partition coefficient (Wildman–Crippen LogP) is 5.55. The van der Waals surface area contributed by atoms with Gasteiger partial charge in [-0.15, -0.1) is 11.3 Å². The van der Waals surface area contributed by atoms with Crippen molar-refractivity contribution in [1.82, 2.24) is 9.29 Å². The molecule has 7 nitrogen and oxygen atoms in total. The number of carbonyl (C=O) groups excluding carboxylic acids is 1. The molecule has 4 heterocycles. The topological polar surface area (TPSA) is 83.7 Å². The molecule has 0 bridgehead atoms. The van der Waals surface area contributed by atoms with E-state index in [1.807, 2.05) is 25.1 Å². The van der Waals surface area contributed by atoms with E-state index in [-0.39, 0.29) is 19.0 Å². The molecule has 0 spiro atoms. The minimum atomic E-state index is -3.62. The highest BCUT2D eigenvalue weighted by atomic mass is 35.5. The van der Waals surface area contributed by atoms with Crippen LogP contribution in [0.15, 0.2) is 56.7 Å². The van der Waals surface area contributed by atoms with E-state index in [4.69, 9.17) is 21.0 Å². The summed E-state index contributed by atoms with van der Waals surface area (Å²) < 4.78 is 34.3. The summed E-state index contributed by atoms with van der Waals surface area (Å²) in [6.07, 6.45) is 2.79. The number of thiophene rings is 1. The first kappa shape index (κ1) is 23.5. The van der Waals surface area contributed by atoms with Crippen LogP contribution in [-0.2, 0) is 21.4 Å². The second kappa shape index (κ2) is 9.43. The highest BCUT2D eigenvalue weighted by Gasteiger charge is 2.37. The van der Waals surface area contributed by atoms with Crippen LogP contribution < -0.4 is 4.90 Å². The fourth-order valence-corrected chi connectivity index (χ4v) is 7.97. The monoisotopic (exact) mass is 535 g/mol. The average Bonchev–Trinajstić information content (AvgIpc) is 3.61. The van der Waals surface area contributed by atoms with Crippen LogP contribution in [-0.4, -0.2) is 36.7 Å². The summed E-state index contributed by atoms with van der Waals surface area (Å²) in [5.41, 5.74) is 1.62. The van der Waals surface area contributed by atoms with Gasteiger partial charge in [-0.2, -0.15) is 4.31 Å². The van der Waals surface area contributed by atoms with E-state index in [1.54, 1.807) is 34.7 Å². The summed E-state index contributed by atoms with van der Waals surface area (Å²) in [5.74, 6) is -0.0123. The Kier molecular flexibility index (Phi) is 6.51. The lowest BCUT2D eigenvalue weighted by molar-refractivity contribution is -0.123. The van der Waals surface area contributed by atoms with Gasteiger partial charge >= 0.3 is 0 Å². The molecule has 1 aliphatic rings. The van der Waals surface area contributed by atoms with Crippen LogP contribution in [0.5, 0.6) is 0 Å². The van der Waals surface area contributed by atoms with Crippen LogP contribution in [0.3, 0.4) is 0 Å². The lowest BCUT2D eigenvalue weighted by atomic mass is 9.98. The van der Waals surface area contributed by atoms with Crippen LogP contribution in [0.1, 0.15) is 24.2 Å². The summed E-state index contributed by atoms with van der Waals surface area (Å²) in [7, 11) is -3.62. The predicted molar refractivity (Wildman–Crippen MR) is 135 cm³/mol. The molecular weight excluding hydrogens is 514 g/mol. The van der Waals surface area contributed by atoms with Crippen molar-refractivity contribution in [3.63, 3.8) is 0 Å². The third kappa shape index (κ3) is 4.40. The normalized spacial score (nSPS) is 17.3. The molecule has 0 N–H and O–H groups in total. The van der Waals surface area contributed by atoms with Crippen LogP contribution >= 0.6 is 34.3 Å². The number of hydrogen-bond donors (Lipinski definition) is 0. The van der Waals surface area contributed by atoms with Gasteiger partial charge in [-0.3, -0.25) is 9.69 Å². The lowest BCUT2D eigenvalue weighted by Gasteiger charge is -2.33. The minimum absolute atomic E-state index is 0.142. The van der Waals surface area contributed by atoms with Gasteiger partial charge < -0.3 is 4.42 Å². The molecule has 0 aliphatic carbocycles. The number of aryl methyl sites for hydroxylation is 1. The summed E-state index contributed by atoms with van der Waals surface area (Å²) >= 11 is 8.88. The molecular formula is C23H22ClN3O4S3. The zero-order chi connectivity index (χ0) is 23.9. The average molecular weight is 536 g/mol. The van der Waals surface area contributed by atoms with E-state index in [0.29, 0.717) is 39.5 Å². The highest BCUT2D eigenvalue weighted by Crippen LogP contribution is 2.36. The number of carbonyl (C=O) groups is 1. The van der Waals surface area contributed by atoms with Crippen molar-refractivity contribution in [3.05, 3.63) is 64.4 Å². The number of anilines is 1. The van der Waals surface area contributed by atoms with Crippen molar-refractivity contribution in [1.29, 1.82) is 0 Å². The number of rotatable bonds is 6. The maximum Gasteiger partial charge on any atom is 0.252 e. The molecule has 1 atom stereocenters. The van der Waals surface area contributed by atoms with Crippen molar-refractivity contribution in [3.8, 4) is 0 Å². The van der Waals surface area contributed by atoms with Crippen molar-refractivity contribution in [2.24, 2.45) is 5.92 Å². The van der Waals surface area contributed by atoms with E-state index in [1.165, 1.54) is 27.0 Å². The van der Waals surface area contributed by atoms with Crippen molar-refractivity contribution in [2.45, 2.75) is 30.5 Å². The van der Waals surface area contributed by atoms with Gasteiger partial charge in [-0.1, -0.05) is 29.0 Å². The van der Waals surface area contributed by atoms with Crippen molar-refractivity contribution in [2.75, 3.05) is 18.0 Å². The first-order valence-electron chi connectivity index (χ1n) is 10.8. The number of nitrogens with zero attached hydrogens (tertiary/aromatic N) is 3. The molecule has 1 saturated heterocycles. The zero-order valence-corrected chi connectivity index (χ0v) is 21.5. The molecule has 0 saturated carbocycles. The Morgan fingerprint density at radius 3 is 2.88 bits per heavy atom. The van der Waals surface area contributed by atoms with E-state index < -0.39 is 15.9 Å². The number of fused-ring (bicyclic) bond motifs is 1. The number of amides is 1. The summed E-state index contributed by atoms with van der Waals surface area (Å²) in [5, 5.41) is 2.90. The van der Waals surface area contributed by atoms with Crippen LogP contribution in [0, 0.1) is 12.8 Å². The molecule has 1 fully saturated rings. The van der Waals surface area contributed by atoms with Crippen LogP contribution in [0.4, 0.5) is 5.13 Å². The minimum Gasteiger partial charge on any atom is -0.467 e. The maximum atomic E-state index is 13.8. The highest BCUT2D eigenvalue weighted by molar-refractivity contribution is 7.91. The van der Waals surface area contributed by atoms with Crippen molar-refractivity contribution >= 4 is 65.6 Å². The largest absolute Gasteiger partial charge is 0.467 e.